The third-order valence-electron chi connectivity index (χ3n) is 4.18. The van der Waals surface area contributed by atoms with E-state index in [1.165, 1.54) is 22.5 Å². The summed E-state index contributed by atoms with van der Waals surface area (Å²) < 4.78 is 41.9. The van der Waals surface area contributed by atoms with Crippen molar-refractivity contribution in [1.82, 2.24) is 8.87 Å². The highest BCUT2D eigenvalue weighted by Gasteiger charge is 2.27. The first-order valence-corrected chi connectivity index (χ1v) is 10.5. The molecule has 0 saturated carbocycles. The highest BCUT2D eigenvalue weighted by atomic mass is 79.9. The van der Waals surface area contributed by atoms with Crippen LogP contribution < -0.4 is 10.9 Å². The van der Waals surface area contributed by atoms with Crippen molar-refractivity contribution >= 4 is 37.5 Å². The second kappa shape index (κ2) is 7.91. The maximum absolute atomic E-state index is 13.8. The minimum Gasteiger partial charge on any atom is -0.322 e. The van der Waals surface area contributed by atoms with Crippen LogP contribution >= 0.6 is 15.9 Å². The zero-order valence-electron chi connectivity index (χ0n) is 14.2. The Balaban J connectivity index is 1.80. The largest absolute Gasteiger partial charge is 0.322 e. The highest BCUT2D eigenvalue weighted by Crippen LogP contribution is 2.21. The number of hydrogen-bond donors (Lipinski definition) is 1. The van der Waals surface area contributed by atoms with Crippen LogP contribution in [0.25, 0.3) is 0 Å². The monoisotopic (exact) mass is 457 g/mol. The summed E-state index contributed by atoms with van der Waals surface area (Å²) in [6.07, 6.45) is 2.73. The van der Waals surface area contributed by atoms with Gasteiger partial charge in [-0.05, 0) is 37.1 Å². The minimum atomic E-state index is -3.71. The van der Waals surface area contributed by atoms with Crippen LogP contribution in [-0.4, -0.2) is 36.3 Å². The predicted molar refractivity (Wildman–Crippen MR) is 101 cm³/mol. The number of hydrogen-bond acceptors (Lipinski definition) is 4. The van der Waals surface area contributed by atoms with Gasteiger partial charge in [-0.3, -0.25) is 9.59 Å². The van der Waals surface area contributed by atoms with E-state index in [0.29, 0.717) is 17.6 Å². The quantitative estimate of drug-likeness (QED) is 0.744. The molecule has 1 aromatic carbocycles. The summed E-state index contributed by atoms with van der Waals surface area (Å²) in [4.78, 5) is 24.1. The van der Waals surface area contributed by atoms with Gasteiger partial charge in [0.2, 0.25) is 15.9 Å². The molecule has 0 radical (unpaired) electrons. The third kappa shape index (κ3) is 4.45. The molecule has 27 heavy (non-hydrogen) atoms. The molecule has 2 aromatic rings. The lowest BCUT2D eigenvalue weighted by molar-refractivity contribution is -0.116. The topological polar surface area (TPSA) is 88.5 Å². The minimum absolute atomic E-state index is 0.0305. The zero-order valence-corrected chi connectivity index (χ0v) is 16.6. The molecule has 1 saturated heterocycles. The van der Waals surface area contributed by atoms with Crippen molar-refractivity contribution in [3.8, 4) is 0 Å². The summed E-state index contributed by atoms with van der Waals surface area (Å²) in [7, 11) is -3.71. The number of aromatic nitrogens is 1. The first-order chi connectivity index (χ1) is 12.8. The third-order valence-corrected chi connectivity index (χ3v) is 6.55. The van der Waals surface area contributed by atoms with Crippen LogP contribution in [0.4, 0.5) is 10.1 Å². The summed E-state index contributed by atoms with van der Waals surface area (Å²) in [5.41, 5.74) is -0.557. The highest BCUT2D eigenvalue weighted by molar-refractivity contribution is 9.10. The molecule has 10 heteroatoms. The number of amides is 1. The van der Waals surface area contributed by atoms with Crippen LogP contribution in [0.1, 0.15) is 12.8 Å². The smallest absolute Gasteiger partial charge is 0.251 e. The van der Waals surface area contributed by atoms with Crippen LogP contribution in [0.2, 0.25) is 0 Å². The summed E-state index contributed by atoms with van der Waals surface area (Å²) in [5.74, 6) is -1.27. The number of nitrogens with one attached hydrogen (secondary N) is 1. The Bertz CT molecular complexity index is 1030. The maximum Gasteiger partial charge on any atom is 0.251 e. The van der Waals surface area contributed by atoms with Crippen molar-refractivity contribution < 1.29 is 17.6 Å². The predicted octanol–water partition coefficient (Wildman–Crippen LogP) is 2.17. The Morgan fingerprint density at radius 1 is 1.19 bits per heavy atom. The average Bonchev–Trinajstić information content (AvgIpc) is 3.15. The molecule has 2 heterocycles. The molecule has 3 rings (SSSR count). The van der Waals surface area contributed by atoms with E-state index in [1.54, 1.807) is 6.07 Å². The Hall–Kier alpha value is -2.04. The number of anilines is 1. The number of rotatable bonds is 5. The van der Waals surface area contributed by atoms with E-state index < -0.39 is 33.9 Å². The van der Waals surface area contributed by atoms with Gasteiger partial charge in [0.15, 0.2) is 0 Å². The van der Waals surface area contributed by atoms with Crippen molar-refractivity contribution in [2.45, 2.75) is 24.3 Å². The van der Waals surface area contributed by atoms with E-state index in [0.717, 1.165) is 29.7 Å². The van der Waals surface area contributed by atoms with Gasteiger partial charge in [0.1, 0.15) is 12.4 Å². The fourth-order valence-corrected chi connectivity index (χ4v) is 4.67. The zero-order chi connectivity index (χ0) is 19.6. The van der Waals surface area contributed by atoms with Gasteiger partial charge in [-0.1, -0.05) is 15.9 Å². The van der Waals surface area contributed by atoms with Crippen LogP contribution in [-0.2, 0) is 21.4 Å². The van der Waals surface area contributed by atoms with E-state index in [-0.39, 0.29) is 10.6 Å². The molecule has 1 amide bonds. The van der Waals surface area contributed by atoms with Crippen LogP contribution in [0, 0.1) is 5.82 Å². The molecule has 0 atom stereocenters. The molecule has 1 N–H and O–H groups in total. The molecular formula is C17H17BrFN3O4S. The molecule has 0 spiro atoms. The van der Waals surface area contributed by atoms with Gasteiger partial charge in [-0.25, -0.2) is 12.8 Å². The van der Waals surface area contributed by atoms with Gasteiger partial charge in [-0.15, -0.1) is 0 Å². The SMILES string of the molecule is O=C(Cn1cc(S(=O)(=O)N2CCCC2)ccc1=O)Nc1ccc(Br)cc1F. The molecule has 1 aliphatic heterocycles. The molecule has 1 aliphatic rings. The van der Waals surface area contributed by atoms with Gasteiger partial charge in [0.25, 0.3) is 5.56 Å². The molecule has 1 aromatic heterocycles. The van der Waals surface area contributed by atoms with Crippen LogP contribution in [0.3, 0.4) is 0 Å². The molecular weight excluding hydrogens is 441 g/mol. The summed E-state index contributed by atoms with van der Waals surface area (Å²) >= 11 is 3.12. The molecule has 1 fully saturated rings. The number of nitrogens with zero attached hydrogens (tertiary/aromatic N) is 2. The van der Waals surface area contributed by atoms with Crippen molar-refractivity contribution in [2.24, 2.45) is 0 Å². The molecule has 0 aliphatic carbocycles. The fraction of sp³-hybridized carbons (Fsp3) is 0.294. The standard InChI is InChI=1S/C17H17BrFN3O4S/c18-12-3-5-15(14(19)9-12)20-16(23)11-21-10-13(4-6-17(21)24)27(25,26)22-7-1-2-8-22/h3-6,9-10H,1-2,7-8,11H2,(H,20,23). The van der Waals surface area contributed by atoms with Gasteiger partial charge in [-0.2, -0.15) is 4.31 Å². The maximum atomic E-state index is 13.8. The van der Waals surface area contributed by atoms with Crippen molar-refractivity contribution in [1.29, 1.82) is 0 Å². The normalized spacial score (nSPS) is 15.0. The molecule has 7 nitrogen and oxygen atoms in total. The lowest BCUT2D eigenvalue weighted by Gasteiger charge is -2.16. The van der Waals surface area contributed by atoms with Gasteiger partial charge < -0.3 is 9.88 Å². The number of carbonyl (C=O) groups is 1. The van der Waals surface area contributed by atoms with Crippen LogP contribution in [0.15, 0.2) is 50.7 Å². The first kappa shape index (κ1) is 19.7. The number of carbonyl (C=O) groups excluding carboxylic acids is 1. The Morgan fingerprint density at radius 3 is 2.56 bits per heavy atom. The van der Waals surface area contributed by atoms with E-state index in [4.69, 9.17) is 0 Å². The van der Waals surface area contributed by atoms with Gasteiger partial charge in [0, 0.05) is 29.8 Å². The lowest BCUT2D eigenvalue weighted by atomic mass is 10.3. The molecule has 144 valence electrons. The van der Waals surface area contributed by atoms with Crippen LogP contribution in [0.5, 0.6) is 0 Å². The second-order valence-corrected chi connectivity index (χ2v) is 8.97. The number of pyridine rings is 1. The average molecular weight is 458 g/mol. The number of halogens is 2. The van der Waals surface area contributed by atoms with Crippen molar-refractivity contribution in [3.63, 3.8) is 0 Å². The summed E-state index contributed by atoms with van der Waals surface area (Å²) in [6.45, 7) is 0.438. The van der Waals surface area contributed by atoms with E-state index >= 15 is 0 Å². The second-order valence-electron chi connectivity index (χ2n) is 6.11. The van der Waals surface area contributed by atoms with Crippen molar-refractivity contribution in [2.75, 3.05) is 18.4 Å². The molecule has 0 unspecified atom stereocenters. The van der Waals surface area contributed by atoms with E-state index in [1.807, 2.05) is 0 Å². The Kier molecular flexibility index (Phi) is 5.78. The molecule has 0 bridgehead atoms. The first-order valence-electron chi connectivity index (χ1n) is 8.23. The lowest BCUT2D eigenvalue weighted by Crippen LogP contribution is -2.31. The number of benzene rings is 1. The number of sulfonamides is 1. The van der Waals surface area contributed by atoms with E-state index in [9.17, 15) is 22.4 Å². The van der Waals surface area contributed by atoms with E-state index in [2.05, 4.69) is 21.2 Å². The van der Waals surface area contributed by atoms with Gasteiger partial charge in [0.05, 0.1) is 10.6 Å². The Morgan fingerprint density at radius 2 is 1.89 bits per heavy atom. The fourth-order valence-electron chi connectivity index (χ4n) is 2.80. The summed E-state index contributed by atoms with van der Waals surface area (Å²) in [5, 5.41) is 2.37. The van der Waals surface area contributed by atoms with Gasteiger partial charge >= 0.3 is 0 Å². The van der Waals surface area contributed by atoms with Crippen molar-refractivity contribution in [3.05, 3.63) is 57.2 Å². The summed E-state index contributed by atoms with van der Waals surface area (Å²) in [6, 6.07) is 6.49. The Labute approximate surface area is 164 Å².